The zero-order valence-corrected chi connectivity index (χ0v) is 9.66. The first-order valence-corrected chi connectivity index (χ1v) is 5.26. The summed E-state index contributed by atoms with van der Waals surface area (Å²) >= 11 is 0. The highest BCUT2D eigenvalue weighted by molar-refractivity contribution is 5.89. The number of hydrogen-bond acceptors (Lipinski definition) is 2. The molecule has 1 aromatic rings. The van der Waals surface area contributed by atoms with Crippen molar-refractivity contribution in [1.29, 1.82) is 0 Å². The largest absolute Gasteiger partial charge is 0.478 e. The number of benzene rings is 1. The molecule has 0 fully saturated rings. The molecule has 1 rings (SSSR count). The Balaban J connectivity index is 2.60. The summed E-state index contributed by atoms with van der Waals surface area (Å²) in [6, 6.07) is 7.05. The molecule has 0 unspecified atom stereocenters. The van der Waals surface area contributed by atoms with E-state index in [1.54, 1.807) is 12.1 Å². The molecular weight excluding hydrogens is 202 g/mol. The van der Waals surface area contributed by atoms with Crippen LogP contribution in [-0.4, -0.2) is 17.6 Å². The minimum absolute atomic E-state index is 0.368. The lowest BCUT2D eigenvalue weighted by Crippen LogP contribution is -2.15. The Morgan fingerprint density at radius 2 is 2.06 bits per heavy atom. The highest BCUT2D eigenvalue weighted by Gasteiger charge is 2.07. The minimum Gasteiger partial charge on any atom is -0.478 e. The summed E-state index contributed by atoms with van der Waals surface area (Å²) in [5.41, 5.74) is 2.43. The highest BCUT2D eigenvalue weighted by atomic mass is 16.4. The van der Waals surface area contributed by atoms with E-state index in [-0.39, 0.29) is 0 Å². The summed E-state index contributed by atoms with van der Waals surface area (Å²) in [6.07, 6.45) is 2.07. The van der Waals surface area contributed by atoms with Gasteiger partial charge in [-0.25, -0.2) is 4.79 Å². The molecule has 3 heteroatoms. The van der Waals surface area contributed by atoms with E-state index in [0.717, 1.165) is 12.1 Å². The molecule has 0 aliphatic carbocycles. The van der Waals surface area contributed by atoms with Gasteiger partial charge in [0.25, 0.3) is 0 Å². The SMILES string of the molecule is CC(C)=CCNCc1ccccc1C(=O)O. The van der Waals surface area contributed by atoms with Crippen LogP contribution in [0.1, 0.15) is 29.8 Å². The zero-order chi connectivity index (χ0) is 12.0. The van der Waals surface area contributed by atoms with Gasteiger partial charge in [-0.05, 0) is 25.5 Å². The molecule has 0 atom stereocenters. The maximum absolute atomic E-state index is 10.9. The molecular formula is C13H17NO2. The maximum atomic E-state index is 10.9. The summed E-state index contributed by atoms with van der Waals surface area (Å²) in [6.45, 7) is 5.41. The molecule has 0 heterocycles. The van der Waals surface area contributed by atoms with Crippen LogP contribution in [0.3, 0.4) is 0 Å². The number of aromatic carboxylic acids is 1. The van der Waals surface area contributed by atoms with Gasteiger partial charge in [-0.3, -0.25) is 0 Å². The third-order valence-electron chi connectivity index (χ3n) is 2.22. The van der Waals surface area contributed by atoms with Crippen LogP contribution in [0.5, 0.6) is 0 Å². The van der Waals surface area contributed by atoms with E-state index in [0.29, 0.717) is 12.1 Å². The molecule has 0 saturated carbocycles. The van der Waals surface area contributed by atoms with Crippen molar-refractivity contribution in [3.8, 4) is 0 Å². The van der Waals surface area contributed by atoms with Crippen LogP contribution in [0.2, 0.25) is 0 Å². The standard InChI is InChI=1S/C13H17NO2/c1-10(2)7-8-14-9-11-5-3-4-6-12(11)13(15)16/h3-7,14H,8-9H2,1-2H3,(H,15,16). The van der Waals surface area contributed by atoms with E-state index in [1.807, 2.05) is 26.0 Å². The lowest BCUT2D eigenvalue weighted by atomic mass is 10.1. The minimum atomic E-state index is -0.875. The van der Waals surface area contributed by atoms with Gasteiger partial charge >= 0.3 is 5.97 Å². The van der Waals surface area contributed by atoms with E-state index in [1.165, 1.54) is 5.57 Å². The molecule has 0 spiro atoms. The zero-order valence-electron chi connectivity index (χ0n) is 9.66. The van der Waals surface area contributed by atoms with E-state index in [9.17, 15) is 4.79 Å². The van der Waals surface area contributed by atoms with Crippen LogP contribution in [0.15, 0.2) is 35.9 Å². The fourth-order valence-electron chi connectivity index (χ4n) is 1.37. The van der Waals surface area contributed by atoms with Crippen molar-refractivity contribution in [1.82, 2.24) is 5.32 Å². The van der Waals surface area contributed by atoms with Gasteiger partial charge in [0.1, 0.15) is 0 Å². The lowest BCUT2D eigenvalue weighted by Gasteiger charge is -2.06. The smallest absolute Gasteiger partial charge is 0.336 e. The average molecular weight is 219 g/mol. The topological polar surface area (TPSA) is 49.3 Å². The van der Waals surface area contributed by atoms with Gasteiger partial charge in [0, 0.05) is 13.1 Å². The van der Waals surface area contributed by atoms with Gasteiger partial charge < -0.3 is 10.4 Å². The summed E-state index contributed by atoms with van der Waals surface area (Å²) in [4.78, 5) is 10.9. The first-order chi connectivity index (χ1) is 7.61. The lowest BCUT2D eigenvalue weighted by molar-refractivity contribution is 0.0695. The number of allylic oxidation sites excluding steroid dienone is 1. The van der Waals surface area contributed by atoms with E-state index in [4.69, 9.17) is 5.11 Å². The fourth-order valence-corrected chi connectivity index (χ4v) is 1.37. The van der Waals surface area contributed by atoms with Crippen molar-refractivity contribution in [2.45, 2.75) is 20.4 Å². The Hall–Kier alpha value is -1.61. The average Bonchev–Trinajstić information content (AvgIpc) is 2.24. The predicted molar refractivity (Wildman–Crippen MR) is 64.5 cm³/mol. The fraction of sp³-hybridized carbons (Fsp3) is 0.308. The molecule has 0 aliphatic rings. The number of rotatable bonds is 5. The summed E-state index contributed by atoms with van der Waals surface area (Å²) in [5, 5.41) is 12.2. The maximum Gasteiger partial charge on any atom is 0.336 e. The predicted octanol–water partition coefficient (Wildman–Crippen LogP) is 2.44. The van der Waals surface area contributed by atoms with E-state index < -0.39 is 5.97 Å². The van der Waals surface area contributed by atoms with Crippen LogP contribution >= 0.6 is 0 Å². The highest BCUT2D eigenvalue weighted by Crippen LogP contribution is 2.08. The third-order valence-corrected chi connectivity index (χ3v) is 2.22. The third kappa shape index (κ3) is 3.87. The van der Waals surface area contributed by atoms with Crippen LogP contribution in [-0.2, 0) is 6.54 Å². The van der Waals surface area contributed by atoms with Crippen molar-refractivity contribution in [3.63, 3.8) is 0 Å². The van der Waals surface area contributed by atoms with Crippen LogP contribution in [0, 0.1) is 0 Å². The van der Waals surface area contributed by atoms with Gasteiger partial charge in [0.2, 0.25) is 0 Å². The Bertz CT molecular complexity index is 393. The van der Waals surface area contributed by atoms with Crippen LogP contribution < -0.4 is 5.32 Å². The molecule has 3 nitrogen and oxygen atoms in total. The molecule has 0 saturated heterocycles. The van der Waals surface area contributed by atoms with Crippen LogP contribution in [0.4, 0.5) is 0 Å². The Labute approximate surface area is 95.8 Å². The Kier molecular flexibility index (Phi) is 4.73. The molecule has 0 aromatic heterocycles. The van der Waals surface area contributed by atoms with Gasteiger partial charge in [-0.2, -0.15) is 0 Å². The Morgan fingerprint density at radius 1 is 1.38 bits per heavy atom. The van der Waals surface area contributed by atoms with Crippen molar-refractivity contribution in [2.75, 3.05) is 6.54 Å². The van der Waals surface area contributed by atoms with Gasteiger partial charge in [0.15, 0.2) is 0 Å². The Morgan fingerprint density at radius 3 is 2.69 bits per heavy atom. The monoisotopic (exact) mass is 219 g/mol. The molecule has 16 heavy (non-hydrogen) atoms. The quantitative estimate of drug-likeness (QED) is 0.590. The van der Waals surface area contributed by atoms with Crippen LogP contribution in [0.25, 0.3) is 0 Å². The molecule has 0 bridgehead atoms. The molecule has 0 amide bonds. The first-order valence-electron chi connectivity index (χ1n) is 5.26. The normalized spacial score (nSPS) is 9.88. The molecule has 0 aliphatic heterocycles. The second-order valence-electron chi connectivity index (χ2n) is 3.87. The molecule has 1 aromatic carbocycles. The number of carboxylic acids is 1. The second-order valence-corrected chi connectivity index (χ2v) is 3.87. The number of carboxylic acid groups (broad SMARTS) is 1. The van der Waals surface area contributed by atoms with Gasteiger partial charge in [-0.15, -0.1) is 0 Å². The summed E-state index contributed by atoms with van der Waals surface area (Å²) < 4.78 is 0. The van der Waals surface area contributed by atoms with E-state index in [2.05, 4.69) is 11.4 Å². The van der Waals surface area contributed by atoms with Gasteiger partial charge in [0.05, 0.1) is 5.56 Å². The second kappa shape index (κ2) is 6.08. The summed E-state index contributed by atoms with van der Waals surface area (Å²) in [5.74, 6) is -0.875. The molecule has 86 valence electrons. The number of hydrogen-bond donors (Lipinski definition) is 2. The summed E-state index contributed by atoms with van der Waals surface area (Å²) in [7, 11) is 0. The number of carbonyl (C=O) groups is 1. The first kappa shape index (κ1) is 12.5. The molecule has 2 N–H and O–H groups in total. The van der Waals surface area contributed by atoms with Crippen molar-refractivity contribution in [3.05, 3.63) is 47.0 Å². The van der Waals surface area contributed by atoms with Crippen molar-refractivity contribution < 1.29 is 9.90 Å². The van der Waals surface area contributed by atoms with Gasteiger partial charge in [-0.1, -0.05) is 29.8 Å². The van der Waals surface area contributed by atoms with Crippen molar-refractivity contribution >= 4 is 5.97 Å². The van der Waals surface area contributed by atoms with Crippen molar-refractivity contribution in [2.24, 2.45) is 0 Å². The van der Waals surface area contributed by atoms with E-state index >= 15 is 0 Å². The molecule has 0 radical (unpaired) electrons. The number of nitrogens with one attached hydrogen (secondary N) is 1.